The molecule has 19 heavy (non-hydrogen) atoms. The molecule has 1 saturated heterocycles. The molecule has 2 N–H and O–H groups in total. The van der Waals surface area contributed by atoms with E-state index in [4.69, 9.17) is 10.5 Å². The van der Waals surface area contributed by atoms with Gasteiger partial charge in [0.25, 0.3) is 0 Å². The van der Waals surface area contributed by atoms with Crippen LogP contribution in [0.25, 0.3) is 11.0 Å². The molecule has 0 aliphatic carbocycles. The number of halogens is 2. The standard InChI is InChI=1S/C13H15F2N3O/c1-13(3-2-4-19-7-13)18-10-6-8(14)5-9(15)11(10)17-12(18)16/h5-6H,2-4,7H2,1H3,(H2,16,17). The molecule has 1 unspecified atom stereocenters. The van der Waals surface area contributed by atoms with E-state index in [0.717, 1.165) is 18.9 Å². The zero-order valence-corrected chi connectivity index (χ0v) is 10.6. The van der Waals surface area contributed by atoms with Gasteiger partial charge in [0, 0.05) is 18.7 Å². The van der Waals surface area contributed by atoms with E-state index in [1.165, 1.54) is 6.07 Å². The predicted molar refractivity (Wildman–Crippen MR) is 67.8 cm³/mol. The molecule has 1 aromatic carbocycles. The van der Waals surface area contributed by atoms with Crippen LogP contribution in [0.2, 0.25) is 0 Å². The minimum Gasteiger partial charge on any atom is -0.379 e. The monoisotopic (exact) mass is 267 g/mol. The van der Waals surface area contributed by atoms with E-state index in [-0.39, 0.29) is 11.5 Å². The summed E-state index contributed by atoms with van der Waals surface area (Å²) in [5, 5.41) is 0. The molecule has 3 rings (SSSR count). The van der Waals surface area contributed by atoms with Crippen molar-refractivity contribution in [2.45, 2.75) is 25.3 Å². The lowest BCUT2D eigenvalue weighted by atomic mass is 9.94. The highest BCUT2D eigenvalue weighted by Crippen LogP contribution is 2.34. The van der Waals surface area contributed by atoms with E-state index < -0.39 is 17.2 Å². The Hall–Kier alpha value is -1.69. The van der Waals surface area contributed by atoms with Crippen molar-refractivity contribution in [2.75, 3.05) is 18.9 Å². The molecule has 1 fully saturated rings. The second kappa shape index (κ2) is 4.16. The van der Waals surface area contributed by atoms with Gasteiger partial charge >= 0.3 is 0 Å². The highest BCUT2D eigenvalue weighted by molar-refractivity contribution is 5.79. The van der Waals surface area contributed by atoms with Gasteiger partial charge in [0.15, 0.2) is 5.82 Å². The van der Waals surface area contributed by atoms with Crippen molar-refractivity contribution in [3.05, 3.63) is 23.8 Å². The highest BCUT2D eigenvalue weighted by atomic mass is 19.1. The van der Waals surface area contributed by atoms with E-state index >= 15 is 0 Å². The van der Waals surface area contributed by atoms with Crippen LogP contribution in [-0.4, -0.2) is 22.8 Å². The van der Waals surface area contributed by atoms with Crippen LogP contribution in [0.3, 0.4) is 0 Å². The molecular weight excluding hydrogens is 252 g/mol. The van der Waals surface area contributed by atoms with Crippen molar-refractivity contribution in [1.82, 2.24) is 9.55 Å². The first kappa shape index (κ1) is 12.3. The number of nitrogens with zero attached hydrogens (tertiary/aromatic N) is 2. The van der Waals surface area contributed by atoms with Gasteiger partial charge in [-0.3, -0.25) is 0 Å². The Morgan fingerprint density at radius 2 is 2.21 bits per heavy atom. The SMILES string of the molecule is CC1(n2c(N)nc3c(F)cc(F)cc32)CCCOC1. The second-order valence-corrected chi connectivity index (χ2v) is 5.21. The molecule has 1 atom stereocenters. The largest absolute Gasteiger partial charge is 0.379 e. The second-order valence-electron chi connectivity index (χ2n) is 5.21. The molecular formula is C13H15F2N3O. The first-order valence-corrected chi connectivity index (χ1v) is 6.22. The van der Waals surface area contributed by atoms with Gasteiger partial charge in [-0.05, 0) is 19.8 Å². The molecule has 4 nitrogen and oxygen atoms in total. The van der Waals surface area contributed by atoms with Gasteiger partial charge in [-0.1, -0.05) is 0 Å². The number of hydrogen-bond acceptors (Lipinski definition) is 3. The van der Waals surface area contributed by atoms with E-state index in [1.54, 1.807) is 4.57 Å². The lowest BCUT2D eigenvalue weighted by Crippen LogP contribution is -2.39. The van der Waals surface area contributed by atoms with Gasteiger partial charge in [0.2, 0.25) is 5.95 Å². The van der Waals surface area contributed by atoms with E-state index in [9.17, 15) is 8.78 Å². The molecule has 0 amide bonds. The summed E-state index contributed by atoms with van der Waals surface area (Å²) in [5.41, 5.74) is 5.96. The Labute approximate surface area is 109 Å². The third kappa shape index (κ3) is 1.87. The number of fused-ring (bicyclic) bond motifs is 1. The molecule has 0 spiro atoms. The maximum Gasteiger partial charge on any atom is 0.201 e. The Kier molecular flexibility index (Phi) is 2.70. The summed E-state index contributed by atoms with van der Waals surface area (Å²) in [5.74, 6) is -1.14. The average molecular weight is 267 g/mol. The summed E-state index contributed by atoms with van der Waals surface area (Å²) in [4.78, 5) is 4.02. The fourth-order valence-electron chi connectivity index (χ4n) is 2.78. The topological polar surface area (TPSA) is 53.1 Å². The third-order valence-electron chi connectivity index (χ3n) is 3.66. The summed E-state index contributed by atoms with van der Waals surface area (Å²) in [6, 6.07) is 2.08. The summed E-state index contributed by atoms with van der Waals surface area (Å²) >= 11 is 0. The lowest BCUT2D eigenvalue weighted by Gasteiger charge is -2.35. The maximum atomic E-state index is 13.7. The molecule has 0 radical (unpaired) electrons. The number of aromatic nitrogens is 2. The molecule has 2 aromatic rings. The van der Waals surface area contributed by atoms with Crippen LogP contribution < -0.4 is 5.73 Å². The van der Waals surface area contributed by atoms with Crippen molar-refractivity contribution >= 4 is 17.0 Å². The number of nitrogen functional groups attached to an aromatic ring is 1. The molecule has 1 aromatic heterocycles. The Balaban J connectivity index is 2.25. The molecule has 6 heteroatoms. The van der Waals surface area contributed by atoms with E-state index in [0.29, 0.717) is 18.7 Å². The predicted octanol–water partition coefficient (Wildman–Crippen LogP) is 2.42. The summed E-state index contributed by atoms with van der Waals surface area (Å²) in [6.07, 6.45) is 1.72. The van der Waals surface area contributed by atoms with E-state index in [2.05, 4.69) is 4.98 Å². The first-order valence-electron chi connectivity index (χ1n) is 6.22. The molecule has 1 aliphatic rings. The van der Waals surface area contributed by atoms with Crippen LogP contribution in [-0.2, 0) is 10.3 Å². The minimum atomic E-state index is -0.694. The maximum absolute atomic E-state index is 13.7. The highest BCUT2D eigenvalue weighted by Gasteiger charge is 2.33. The van der Waals surface area contributed by atoms with E-state index in [1.807, 2.05) is 6.92 Å². The normalized spacial score (nSPS) is 23.9. The van der Waals surface area contributed by atoms with Crippen molar-refractivity contribution in [3.63, 3.8) is 0 Å². The number of anilines is 1. The number of ether oxygens (including phenoxy) is 1. The number of imidazole rings is 1. The zero-order valence-electron chi connectivity index (χ0n) is 10.6. The van der Waals surface area contributed by atoms with Crippen LogP contribution in [0, 0.1) is 11.6 Å². The zero-order chi connectivity index (χ0) is 13.6. The van der Waals surface area contributed by atoms with Crippen LogP contribution in [0.1, 0.15) is 19.8 Å². The average Bonchev–Trinajstić information content (AvgIpc) is 2.67. The Bertz CT molecular complexity index is 632. The summed E-state index contributed by atoms with van der Waals surface area (Å²) in [7, 11) is 0. The molecule has 102 valence electrons. The number of hydrogen-bond donors (Lipinski definition) is 1. The Morgan fingerprint density at radius 3 is 2.89 bits per heavy atom. The molecule has 0 bridgehead atoms. The summed E-state index contributed by atoms with van der Waals surface area (Å²) < 4.78 is 34.3. The summed E-state index contributed by atoms with van der Waals surface area (Å²) in [6.45, 7) is 3.12. The molecule has 2 heterocycles. The number of rotatable bonds is 1. The van der Waals surface area contributed by atoms with Crippen molar-refractivity contribution in [1.29, 1.82) is 0 Å². The van der Waals surface area contributed by atoms with Crippen molar-refractivity contribution < 1.29 is 13.5 Å². The van der Waals surface area contributed by atoms with Crippen molar-refractivity contribution in [3.8, 4) is 0 Å². The lowest BCUT2D eigenvalue weighted by molar-refractivity contribution is 0.0124. The van der Waals surface area contributed by atoms with Gasteiger partial charge in [-0.25, -0.2) is 13.8 Å². The quantitative estimate of drug-likeness (QED) is 0.863. The van der Waals surface area contributed by atoms with Crippen LogP contribution >= 0.6 is 0 Å². The third-order valence-corrected chi connectivity index (χ3v) is 3.66. The van der Waals surface area contributed by atoms with Crippen LogP contribution in [0.5, 0.6) is 0 Å². The van der Waals surface area contributed by atoms with Gasteiger partial charge in [-0.15, -0.1) is 0 Å². The number of nitrogens with two attached hydrogens (primary N) is 1. The fraction of sp³-hybridized carbons (Fsp3) is 0.462. The molecule has 0 saturated carbocycles. The van der Waals surface area contributed by atoms with Gasteiger partial charge in [-0.2, -0.15) is 0 Å². The first-order chi connectivity index (χ1) is 9.01. The van der Waals surface area contributed by atoms with Gasteiger partial charge in [0.05, 0.1) is 17.7 Å². The molecule has 1 aliphatic heterocycles. The van der Waals surface area contributed by atoms with Crippen LogP contribution in [0.4, 0.5) is 14.7 Å². The Morgan fingerprint density at radius 1 is 1.42 bits per heavy atom. The van der Waals surface area contributed by atoms with Gasteiger partial charge < -0.3 is 15.0 Å². The van der Waals surface area contributed by atoms with Crippen molar-refractivity contribution in [2.24, 2.45) is 0 Å². The fourth-order valence-corrected chi connectivity index (χ4v) is 2.78. The minimum absolute atomic E-state index is 0.102. The number of benzene rings is 1. The van der Waals surface area contributed by atoms with Gasteiger partial charge in [0.1, 0.15) is 11.3 Å². The smallest absolute Gasteiger partial charge is 0.201 e. The van der Waals surface area contributed by atoms with Crippen LogP contribution in [0.15, 0.2) is 12.1 Å².